The number of carbonyl (C=O) groups excluding carboxylic acids is 1. The quantitative estimate of drug-likeness (QED) is 0.374. The first-order valence-corrected chi connectivity index (χ1v) is 8.42. The number of unbranched alkanes of at least 4 members (excludes halogenated alkanes) is 1. The normalized spacial score (nSPS) is 24.4. The molecule has 7 nitrogen and oxygen atoms in total. The number of nitro benzene ring substituents is 1. The van der Waals surface area contributed by atoms with Gasteiger partial charge in [-0.1, -0.05) is 22.0 Å². The second-order valence-corrected chi connectivity index (χ2v) is 6.85. The van der Waals surface area contributed by atoms with Crippen LogP contribution in [-0.4, -0.2) is 36.1 Å². The van der Waals surface area contributed by atoms with Crippen LogP contribution in [0.1, 0.15) is 23.2 Å². The second-order valence-electron chi connectivity index (χ2n) is 4.21. The zero-order valence-electron chi connectivity index (χ0n) is 10.3. The molecule has 9 heteroatoms. The number of hydrogen-bond acceptors (Lipinski definition) is 5. The maximum absolute atomic E-state index is 12.4. The highest BCUT2D eigenvalue weighted by atomic mass is 79.9. The molecular weight excluding hydrogens is 352 g/mol. The summed E-state index contributed by atoms with van der Waals surface area (Å²) < 4.78 is 23.4. The van der Waals surface area contributed by atoms with E-state index in [2.05, 4.69) is 15.9 Å². The van der Waals surface area contributed by atoms with Gasteiger partial charge in [-0.25, -0.2) is 10.8 Å². The minimum absolute atomic E-state index is 0.0643. The first-order valence-electron chi connectivity index (χ1n) is 5.83. The van der Waals surface area contributed by atoms with Crippen LogP contribution in [0.2, 0.25) is 0 Å². The fourth-order valence-corrected chi connectivity index (χ4v) is 4.22. The van der Waals surface area contributed by atoms with E-state index in [4.69, 9.17) is 0 Å². The highest BCUT2D eigenvalue weighted by molar-refractivity contribution is 9.09. The van der Waals surface area contributed by atoms with E-state index in [1.807, 2.05) is 0 Å². The number of amides is 1. The molecule has 110 valence electrons. The van der Waals surface area contributed by atoms with Gasteiger partial charge in [-0.05, 0) is 18.9 Å². The molecule has 1 aliphatic rings. The number of nitro groups is 1. The molecule has 1 aliphatic heterocycles. The Morgan fingerprint density at radius 3 is 2.70 bits per heavy atom. The number of fused-ring (bicyclic) bond motifs is 1. The third kappa shape index (κ3) is 2.41. The lowest BCUT2D eigenvalue weighted by atomic mass is 10.2. The molecule has 0 radical (unpaired) electrons. The summed E-state index contributed by atoms with van der Waals surface area (Å²) in [5, 5.41) is 11.7. The smallest absolute Gasteiger partial charge is 0.291 e. The fourth-order valence-electron chi connectivity index (χ4n) is 2.05. The summed E-state index contributed by atoms with van der Waals surface area (Å²) in [4.78, 5) is 22.0. The van der Waals surface area contributed by atoms with Crippen molar-refractivity contribution in [3.05, 3.63) is 33.9 Å². The monoisotopic (exact) mass is 363 g/mol. The van der Waals surface area contributed by atoms with E-state index >= 15 is 0 Å². The zero-order chi connectivity index (χ0) is 14.9. The van der Waals surface area contributed by atoms with Crippen molar-refractivity contribution < 1.29 is 18.8 Å². The maximum Gasteiger partial charge on any atom is 0.291 e. The summed E-state index contributed by atoms with van der Waals surface area (Å²) in [6, 6.07) is 3.81. The largest absolute Gasteiger partial charge is 0.746 e. The summed E-state index contributed by atoms with van der Waals surface area (Å²) in [6.07, 6.45) is 1.27. The Morgan fingerprint density at radius 1 is 1.40 bits per heavy atom. The molecule has 0 saturated carbocycles. The number of carbonyl (C=O) groups is 1. The van der Waals surface area contributed by atoms with E-state index in [0.717, 1.165) is 22.1 Å². The molecule has 0 spiro atoms. The molecule has 2 rings (SSSR count). The molecule has 1 atom stereocenters. The number of rotatable bonds is 5. The van der Waals surface area contributed by atoms with Crippen LogP contribution in [0.25, 0.3) is 0 Å². The van der Waals surface area contributed by atoms with E-state index in [1.165, 1.54) is 12.1 Å². The molecule has 0 aromatic heterocycles. The summed E-state index contributed by atoms with van der Waals surface area (Å²) in [7, 11) is -3.87. The average Bonchev–Trinajstić information content (AvgIpc) is 2.59. The van der Waals surface area contributed by atoms with Crippen LogP contribution in [-0.2, 0) is 0 Å². The molecule has 0 saturated heterocycles. The Morgan fingerprint density at radius 2 is 2.10 bits per heavy atom. The number of alkyl halides is 1. The van der Waals surface area contributed by atoms with Crippen LogP contribution in [0.5, 0.6) is 0 Å². The van der Waals surface area contributed by atoms with Crippen molar-refractivity contribution in [2.24, 2.45) is 0 Å². The van der Waals surface area contributed by atoms with Gasteiger partial charge >= 0.3 is 0 Å². The van der Waals surface area contributed by atoms with Crippen molar-refractivity contribution in [3.63, 3.8) is 0 Å². The van der Waals surface area contributed by atoms with E-state index in [1.54, 1.807) is 0 Å². The predicted octanol–water partition coefficient (Wildman–Crippen LogP) is 2.91. The highest BCUT2D eigenvalue weighted by Crippen LogP contribution is 2.61. The Kier molecular flexibility index (Phi) is 4.33. The minimum Gasteiger partial charge on any atom is -0.746 e. The number of halogens is 1. The van der Waals surface area contributed by atoms with Gasteiger partial charge in [-0.3, -0.25) is 19.2 Å². The lowest BCUT2D eigenvalue weighted by Gasteiger charge is -2.48. The molecule has 1 aromatic carbocycles. The van der Waals surface area contributed by atoms with Gasteiger partial charge in [-0.15, -0.1) is 0 Å². The van der Waals surface area contributed by atoms with Crippen LogP contribution in [0, 0.1) is 10.1 Å². The molecular formula is C11H12BrN2O5S-. The van der Waals surface area contributed by atoms with E-state index in [0.29, 0.717) is 6.42 Å². The zero-order valence-corrected chi connectivity index (χ0v) is 12.7. The van der Waals surface area contributed by atoms with Crippen molar-refractivity contribution >= 4 is 38.3 Å². The molecule has 1 heterocycles. The maximum atomic E-state index is 12.4. The lowest BCUT2D eigenvalue weighted by molar-refractivity contribution is -0.387. The standard InChI is InChI=1S/C11H13BrN2O5S/c12-6-1-2-7-13-11(15)8-4-3-5-9(14(16)17)10(8)20(13,18)19/h3-5,18-19H,1-2,6-7H2/p-1. The minimum atomic E-state index is -3.87. The van der Waals surface area contributed by atoms with E-state index in [-0.39, 0.29) is 17.0 Å². The van der Waals surface area contributed by atoms with Gasteiger partial charge in [0, 0.05) is 17.9 Å². The van der Waals surface area contributed by atoms with Crippen molar-refractivity contribution in [2.45, 2.75) is 17.7 Å². The van der Waals surface area contributed by atoms with Crippen LogP contribution in [0.4, 0.5) is 5.69 Å². The molecule has 1 aromatic rings. The summed E-state index contributed by atoms with van der Waals surface area (Å²) >= 11 is 3.24. The average molecular weight is 364 g/mol. The van der Waals surface area contributed by atoms with Gasteiger partial charge in [0.05, 0.1) is 10.5 Å². The Hall–Kier alpha value is -1.16. The van der Waals surface area contributed by atoms with Gasteiger partial charge in [0.2, 0.25) is 0 Å². The van der Waals surface area contributed by atoms with Crippen molar-refractivity contribution in [2.75, 3.05) is 11.9 Å². The molecule has 20 heavy (non-hydrogen) atoms. The Bertz CT molecular complexity index is 566. The van der Waals surface area contributed by atoms with E-state index < -0.39 is 27.3 Å². The molecule has 0 fully saturated rings. The van der Waals surface area contributed by atoms with Crippen LogP contribution in [0.3, 0.4) is 0 Å². The van der Waals surface area contributed by atoms with Crippen molar-refractivity contribution in [1.29, 1.82) is 0 Å². The fraction of sp³-hybridized carbons (Fsp3) is 0.364. The first-order chi connectivity index (χ1) is 9.41. The Labute approximate surface area is 125 Å². The third-order valence-electron chi connectivity index (χ3n) is 2.96. The molecule has 1 amide bonds. The van der Waals surface area contributed by atoms with Crippen molar-refractivity contribution in [1.82, 2.24) is 4.31 Å². The van der Waals surface area contributed by atoms with Gasteiger partial charge in [0.1, 0.15) is 4.90 Å². The molecule has 0 aliphatic carbocycles. The van der Waals surface area contributed by atoms with Gasteiger partial charge in [0.15, 0.2) is 0 Å². The second kappa shape index (κ2) is 5.68. The van der Waals surface area contributed by atoms with Gasteiger partial charge < -0.3 is 9.11 Å². The number of nitrogens with zero attached hydrogens (tertiary/aromatic N) is 2. The third-order valence-corrected chi connectivity index (χ3v) is 5.42. The number of hydrogen-bond donors (Lipinski definition) is 1. The van der Waals surface area contributed by atoms with E-state index in [9.17, 15) is 24.0 Å². The number of benzene rings is 1. The molecule has 0 bridgehead atoms. The van der Waals surface area contributed by atoms with Crippen LogP contribution >= 0.6 is 26.7 Å². The van der Waals surface area contributed by atoms with Crippen molar-refractivity contribution in [3.8, 4) is 0 Å². The first kappa shape index (κ1) is 15.2. The molecule has 1 unspecified atom stereocenters. The predicted molar refractivity (Wildman–Crippen MR) is 76.4 cm³/mol. The van der Waals surface area contributed by atoms with Gasteiger partial charge in [-0.2, -0.15) is 0 Å². The lowest BCUT2D eigenvalue weighted by Crippen LogP contribution is -2.28. The van der Waals surface area contributed by atoms with Crippen LogP contribution in [0.15, 0.2) is 23.1 Å². The summed E-state index contributed by atoms with van der Waals surface area (Å²) in [6.45, 7) is 0.0889. The highest BCUT2D eigenvalue weighted by Gasteiger charge is 2.40. The molecule has 1 N–H and O–H groups in total. The topological polar surface area (TPSA) is 107 Å². The van der Waals surface area contributed by atoms with Gasteiger partial charge in [0.25, 0.3) is 11.6 Å². The summed E-state index contributed by atoms with van der Waals surface area (Å²) in [5.74, 6) is -0.634. The SMILES string of the molecule is O=C1c2cccc([N+](=O)[O-])c2S([O-])(O)N1CCCCBr. The summed E-state index contributed by atoms with van der Waals surface area (Å²) in [5.41, 5.74) is -0.558. The Balaban J connectivity index is 2.42. The van der Waals surface area contributed by atoms with Crippen LogP contribution < -0.4 is 0 Å².